The summed E-state index contributed by atoms with van der Waals surface area (Å²) in [6.45, 7) is 6.52. The van der Waals surface area contributed by atoms with Gasteiger partial charge in [0.1, 0.15) is 5.82 Å². The Bertz CT molecular complexity index is 956. The van der Waals surface area contributed by atoms with Gasteiger partial charge in [-0.15, -0.1) is 28.5 Å². The van der Waals surface area contributed by atoms with E-state index in [4.69, 9.17) is 0 Å². The third kappa shape index (κ3) is 5.98. The number of aromatic nitrogens is 3. The molecule has 0 spiro atoms. The molecule has 0 aliphatic heterocycles. The number of carbonyl (C=O) groups excluding carboxylic acids is 1. The van der Waals surface area contributed by atoms with E-state index >= 15 is 0 Å². The Morgan fingerprint density at radius 3 is 2.62 bits per heavy atom. The van der Waals surface area contributed by atoms with Gasteiger partial charge in [0.25, 0.3) is 0 Å². The zero-order chi connectivity index (χ0) is 20.5. The third-order valence-corrected chi connectivity index (χ3v) is 6.20. The second-order valence-corrected chi connectivity index (χ2v) is 8.24. The van der Waals surface area contributed by atoms with Crippen LogP contribution in [-0.2, 0) is 23.5 Å². The lowest BCUT2D eigenvalue weighted by Gasteiger charge is -2.10. The smallest absolute Gasteiger partial charge is 0.234 e. The number of aryl methyl sites for hydroxylation is 1. The number of nitrogens with one attached hydrogen (secondary N) is 1. The largest absolute Gasteiger partial charge is 0.325 e. The van der Waals surface area contributed by atoms with Crippen LogP contribution in [0.15, 0.2) is 77.3 Å². The monoisotopic (exact) mass is 424 g/mol. The fourth-order valence-electron chi connectivity index (χ4n) is 2.78. The van der Waals surface area contributed by atoms with Crippen LogP contribution >= 0.6 is 23.5 Å². The first kappa shape index (κ1) is 21.2. The van der Waals surface area contributed by atoms with Crippen LogP contribution in [0.3, 0.4) is 0 Å². The molecule has 3 rings (SSSR count). The summed E-state index contributed by atoms with van der Waals surface area (Å²) in [6.07, 6.45) is 2.70. The Morgan fingerprint density at radius 1 is 1.10 bits per heavy atom. The Kier molecular flexibility index (Phi) is 7.95. The number of hydrogen-bond donors (Lipinski definition) is 1. The van der Waals surface area contributed by atoms with Crippen LogP contribution in [0, 0.1) is 0 Å². The normalized spacial score (nSPS) is 10.7. The minimum atomic E-state index is -0.0516. The van der Waals surface area contributed by atoms with Crippen molar-refractivity contribution in [3.63, 3.8) is 0 Å². The van der Waals surface area contributed by atoms with E-state index in [0.717, 1.165) is 28.7 Å². The molecule has 5 nitrogen and oxygen atoms in total. The van der Waals surface area contributed by atoms with Gasteiger partial charge < -0.3 is 9.88 Å². The van der Waals surface area contributed by atoms with Crippen molar-refractivity contribution in [1.82, 2.24) is 14.8 Å². The number of rotatable bonds is 10. The Hall–Kier alpha value is -2.51. The predicted octanol–water partition coefficient (Wildman–Crippen LogP) is 5.05. The van der Waals surface area contributed by atoms with Gasteiger partial charge in [-0.2, -0.15) is 0 Å². The number of para-hydroxylation sites is 1. The average Bonchev–Trinajstić information content (AvgIpc) is 3.14. The highest BCUT2D eigenvalue weighted by atomic mass is 32.2. The van der Waals surface area contributed by atoms with Gasteiger partial charge in [0, 0.05) is 17.1 Å². The van der Waals surface area contributed by atoms with E-state index < -0.39 is 0 Å². The van der Waals surface area contributed by atoms with Crippen molar-refractivity contribution >= 4 is 35.1 Å². The summed E-state index contributed by atoms with van der Waals surface area (Å²) in [5, 5.41) is 12.3. The molecule has 0 saturated heterocycles. The number of nitrogens with zero attached hydrogens (tertiary/aromatic N) is 3. The molecule has 1 aromatic heterocycles. The molecule has 0 unspecified atom stereocenters. The molecule has 0 fully saturated rings. The maximum Gasteiger partial charge on any atom is 0.234 e. The van der Waals surface area contributed by atoms with Crippen molar-refractivity contribution in [3.05, 3.63) is 78.6 Å². The SMILES string of the molecule is C=CCn1c(CSc2ccccc2)nnc1SCC(=O)Nc1ccccc1CC. The molecule has 0 radical (unpaired) electrons. The summed E-state index contributed by atoms with van der Waals surface area (Å²) < 4.78 is 2.01. The van der Waals surface area contributed by atoms with Crippen molar-refractivity contribution in [3.8, 4) is 0 Å². The van der Waals surface area contributed by atoms with Crippen LogP contribution < -0.4 is 5.32 Å². The van der Waals surface area contributed by atoms with Crippen LogP contribution in [0.2, 0.25) is 0 Å². The molecule has 2 aromatic carbocycles. The first-order valence-corrected chi connectivity index (χ1v) is 11.4. The zero-order valence-corrected chi connectivity index (χ0v) is 18.0. The molecule has 0 atom stereocenters. The highest BCUT2D eigenvalue weighted by Gasteiger charge is 2.14. The molecule has 0 aliphatic rings. The molecule has 7 heteroatoms. The van der Waals surface area contributed by atoms with Gasteiger partial charge in [0.05, 0.1) is 11.5 Å². The lowest BCUT2D eigenvalue weighted by molar-refractivity contribution is -0.113. The molecule has 1 amide bonds. The van der Waals surface area contributed by atoms with Crippen LogP contribution in [0.5, 0.6) is 0 Å². The van der Waals surface area contributed by atoms with E-state index in [-0.39, 0.29) is 11.7 Å². The minimum Gasteiger partial charge on any atom is -0.325 e. The molecule has 3 aromatic rings. The van der Waals surface area contributed by atoms with E-state index in [1.54, 1.807) is 11.8 Å². The average molecular weight is 425 g/mol. The Balaban J connectivity index is 1.62. The summed E-state index contributed by atoms with van der Waals surface area (Å²) in [5.41, 5.74) is 1.99. The number of anilines is 1. The Morgan fingerprint density at radius 2 is 1.86 bits per heavy atom. The highest BCUT2D eigenvalue weighted by molar-refractivity contribution is 7.99. The maximum atomic E-state index is 12.4. The van der Waals surface area contributed by atoms with Gasteiger partial charge in [-0.1, -0.05) is 61.2 Å². The standard InChI is InChI=1S/C22H24N4OS2/c1-3-14-26-20(15-28-18-11-6-5-7-12-18)24-25-22(26)29-16-21(27)23-19-13-9-8-10-17(19)4-2/h3,5-13H,1,4,14-16H2,2H3,(H,23,27). The summed E-state index contributed by atoms with van der Waals surface area (Å²) in [7, 11) is 0. The summed E-state index contributed by atoms with van der Waals surface area (Å²) >= 11 is 3.10. The second-order valence-electron chi connectivity index (χ2n) is 6.25. The van der Waals surface area contributed by atoms with Gasteiger partial charge >= 0.3 is 0 Å². The quantitative estimate of drug-likeness (QED) is 0.365. The van der Waals surface area contributed by atoms with Crippen molar-refractivity contribution in [2.45, 2.75) is 35.7 Å². The fourth-order valence-corrected chi connectivity index (χ4v) is 4.40. The van der Waals surface area contributed by atoms with Crippen LogP contribution in [0.4, 0.5) is 5.69 Å². The first-order chi connectivity index (χ1) is 14.2. The number of hydrogen-bond acceptors (Lipinski definition) is 5. The van der Waals surface area contributed by atoms with Gasteiger partial charge in [-0.3, -0.25) is 4.79 Å². The molecule has 0 bridgehead atoms. The first-order valence-electron chi connectivity index (χ1n) is 9.42. The molecular weight excluding hydrogens is 400 g/mol. The van der Waals surface area contributed by atoms with E-state index in [2.05, 4.69) is 41.1 Å². The van der Waals surface area contributed by atoms with Crippen LogP contribution in [0.25, 0.3) is 0 Å². The van der Waals surface area contributed by atoms with Crippen molar-refractivity contribution < 1.29 is 4.79 Å². The number of benzene rings is 2. The molecule has 1 N–H and O–H groups in total. The van der Waals surface area contributed by atoms with Crippen molar-refractivity contribution in [1.29, 1.82) is 0 Å². The van der Waals surface area contributed by atoms with Crippen LogP contribution in [0.1, 0.15) is 18.3 Å². The lowest BCUT2D eigenvalue weighted by atomic mass is 10.1. The zero-order valence-electron chi connectivity index (χ0n) is 16.4. The van der Waals surface area contributed by atoms with E-state index in [9.17, 15) is 4.79 Å². The van der Waals surface area contributed by atoms with E-state index in [1.165, 1.54) is 16.7 Å². The number of amides is 1. The summed E-state index contributed by atoms with van der Waals surface area (Å²) in [6, 6.07) is 18.1. The molecule has 1 heterocycles. The van der Waals surface area contributed by atoms with Crippen LogP contribution in [-0.4, -0.2) is 26.4 Å². The molecule has 0 saturated carbocycles. The predicted molar refractivity (Wildman–Crippen MR) is 121 cm³/mol. The third-order valence-electron chi connectivity index (χ3n) is 4.22. The fraction of sp³-hybridized carbons (Fsp3) is 0.227. The van der Waals surface area contributed by atoms with E-state index in [1.807, 2.05) is 53.1 Å². The molecule has 0 aliphatic carbocycles. The molecule has 150 valence electrons. The van der Waals surface area contributed by atoms with Gasteiger partial charge in [0.2, 0.25) is 5.91 Å². The van der Waals surface area contributed by atoms with Gasteiger partial charge in [-0.25, -0.2) is 0 Å². The molecular formula is C22H24N4OS2. The highest BCUT2D eigenvalue weighted by Crippen LogP contribution is 2.25. The minimum absolute atomic E-state index is 0.0516. The number of thioether (sulfide) groups is 2. The Labute approximate surface area is 180 Å². The van der Waals surface area contributed by atoms with Crippen molar-refractivity contribution in [2.75, 3.05) is 11.1 Å². The summed E-state index contributed by atoms with van der Waals surface area (Å²) in [5.74, 6) is 1.81. The van der Waals surface area contributed by atoms with Gasteiger partial charge in [0.15, 0.2) is 5.16 Å². The number of allylic oxidation sites excluding steroid dienone is 1. The summed E-state index contributed by atoms with van der Waals surface area (Å²) in [4.78, 5) is 13.6. The number of carbonyl (C=O) groups is 1. The maximum absolute atomic E-state index is 12.4. The molecule has 29 heavy (non-hydrogen) atoms. The van der Waals surface area contributed by atoms with Crippen molar-refractivity contribution in [2.24, 2.45) is 0 Å². The van der Waals surface area contributed by atoms with E-state index in [0.29, 0.717) is 12.3 Å². The topological polar surface area (TPSA) is 59.8 Å². The second kappa shape index (κ2) is 10.9. The lowest BCUT2D eigenvalue weighted by Crippen LogP contribution is -2.16. The van der Waals surface area contributed by atoms with Gasteiger partial charge in [-0.05, 0) is 30.2 Å².